The Kier molecular flexibility index (Phi) is 7.69. The predicted molar refractivity (Wildman–Crippen MR) is 129 cm³/mol. The Bertz CT molecular complexity index is 1070. The molecule has 33 heavy (non-hydrogen) atoms. The lowest BCUT2D eigenvalue weighted by atomic mass is 10.2. The Morgan fingerprint density at radius 3 is 2.85 bits per heavy atom. The molecule has 0 unspecified atom stereocenters. The van der Waals surface area contributed by atoms with Crippen LogP contribution in [-0.2, 0) is 29.0 Å². The van der Waals surface area contributed by atoms with Gasteiger partial charge in [0.05, 0.1) is 19.8 Å². The van der Waals surface area contributed by atoms with Crippen LogP contribution >= 0.6 is 0 Å². The number of piperazine rings is 1. The van der Waals surface area contributed by atoms with Gasteiger partial charge in [-0.15, -0.1) is 0 Å². The van der Waals surface area contributed by atoms with Crippen LogP contribution in [-0.4, -0.2) is 70.7 Å². The molecule has 1 saturated heterocycles. The molecule has 0 bridgehead atoms. The van der Waals surface area contributed by atoms with E-state index < -0.39 is 0 Å². The van der Waals surface area contributed by atoms with E-state index in [-0.39, 0.29) is 0 Å². The van der Waals surface area contributed by atoms with Crippen molar-refractivity contribution in [2.75, 3.05) is 50.2 Å². The van der Waals surface area contributed by atoms with Crippen molar-refractivity contribution >= 4 is 28.6 Å². The minimum absolute atomic E-state index is 0.365. The van der Waals surface area contributed by atoms with Crippen molar-refractivity contribution in [1.29, 1.82) is 0 Å². The lowest BCUT2D eigenvalue weighted by Gasteiger charge is -2.32. The molecule has 0 radical (unpaired) electrons. The second-order valence-corrected chi connectivity index (χ2v) is 8.16. The van der Waals surface area contributed by atoms with Gasteiger partial charge in [0.2, 0.25) is 5.95 Å². The van der Waals surface area contributed by atoms with E-state index in [9.17, 15) is 0 Å². The fourth-order valence-electron chi connectivity index (χ4n) is 4.03. The zero-order chi connectivity index (χ0) is 23.2. The topological polar surface area (TPSA) is 102 Å². The third-order valence-corrected chi connectivity index (χ3v) is 5.64. The van der Waals surface area contributed by atoms with Gasteiger partial charge in [0, 0.05) is 45.1 Å². The Morgan fingerprint density at radius 1 is 1.21 bits per heavy atom. The van der Waals surface area contributed by atoms with Gasteiger partial charge < -0.3 is 25.0 Å². The molecule has 2 N–H and O–H groups in total. The van der Waals surface area contributed by atoms with Crippen molar-refractivity contribution in [2.24, 2.45) is 0 Å². The summed E-state index contributed by atoms with van der Waals surface area (Å²) >= 11 is 0. The normalized spacial score (nSPS) is 16.5. The number of pyridine rings is 1. The Morgan fingerprint density at radius 2 is 2.09 bits per heavy atom. The molecule has 0 aliphatic carbocycles. The van der Waals surface area contributed by atoms with Crippen LogP contribution in [0, 0.1) is 0 Å². The molecule has 10 heteroatoms. The van der Waals surface area contributed by atoms with Crippen molar-refractivity contribution in [2.45, 2.75) is 46.4 Å². The molecule has 0 aromatic carbocycles. The smallest absolute Gasteiger partial charge is 0.228 e. The van der Waals surface area contributed by atoms with Crippen molar-refractivity contribution in [3.63, 3.8) is 0 Å². The van der Waals surface area contributed by atoms with E-state index in [1.807, 2.05) is 29.8 Å². The first-order valence-corrected chi connectivity index (χ1v) is 11.7. The fraction of sp³-hybridized carbons (Fsp3) is 0.565. The first kappa shape index (κ1) is 23.3. The zero-order valence-electron chi connectivity index (χ0n) is 20.0. The third-order valence-electron chi connectivity index (χ3n) is 5.64. The highest BCUT2D eigenvalue weighted by Gasteiger charge is 2.24. The first-order valence-electron chi connectivity index (χ1n) is 11.7. The number of nitrogens with zero attached hydrogens (tertiary/aromatic N) is 6. The van der Waals surface area contributed by atoms with Gasteiger partial charge in [-0.3, -0.25) is 4.68 Å². The molecular weight excluding hydrogens is 420 g/mol. The predicted octanol–water partition coefficient (Wildman–Crippen LogP) is 2.51. The lowest BCUT2D eigenvalue weighted by molar-refractivity contribution is 0.136. The van der Waals surface area contributed by atoms with Gasteiger partial charge in [-0.05, 0) is 32.4 Å². The molecule has 10 nitrogen and oxygen atoms in total. The number of nitrogens with one attached hydrogen (secondary N) is 2. The van der Waals surface area contributed by atoms with E-state index in [0.717, 1.165) is 54.3 Å². The van der Waals surface area contributed by atoms with Gasteiger partial charge in [-0.2, -0.15) is 10.1 Å². The van der Waals surface area contributed by atoms with Crippen molar-refractivity contribution < 1.29 is 9.47 Å². The molecule has 0 spiro atoms. The summed E-state index contributed by atoms with van der Waals surface area (Å²) in [5.41, 5.74) is 3.43. The average molecular weight is 455 g/mol. The molecule has 3 aromatic rings. The molecule has 0 amide bonds. The summed E-state index contributed by atoms with van der Waals surface area (Å²) < 4.78 is 12.9. The molecule has 4 heterocycles. The van der Waals surface area contributed by atoms with Crippen molar-refractivity contribution in [3.05, 3.63) is 29.6 Å². The van der Waals surface area contributed by atoms with E-state index in [2.05, 4.69) is 29.4 Å². The van der Waals surface area contributed by atoms with Gasteiger partial charge in [0.15, 0.2) is 5.82 Å². The summed E-state index contributed by atoms with van der Waals surface area (Å²) in [7, 11) is 1.67. The Balaban J connectivity index is 1.82. The molecular formula is C23H34N8O2. The van der Waals surface area contributed by atoms with E-state index >= 15 is 0 Å². The van der Waals surface area contributed by atoms with Crippen LogP contribution in [0.4, 0.5) is 17.6 Å². The SMILES string of the molecule is CCOCCn1nc(COC)c2nc(N3CCN[C@H](C)C3)nc(Nc3cccc(CC)n3)c21. The second kappa shape index (κ2) is 10.9. The minimum atomic E-state index is 0.365. The quantitative estimate of drug-likeness (QED) is 0.447. The molecule has 1 fully saturated rings. The van der Waals surface area contributed by atoms with Gasteiger partial charge in [-0.1, -0.05) is 13.0 Å². The molecule has 1 atom stereocenters. The number of hydrogen-bond acceptors (Lipinski definition) is 9. The van der Waals surface area contributed by atoms with Crippen LogP contribution < -0.4 is 15.5 Å². The molecule has 1 aliphatic rings. The number of anilines is 3. The largest absolute Gasteiger partial charge is 0.380 e. The minimum Gasteiger partial charge on any atom is -0.380 e. The zero-order valence-corrected chi connectivity index (χ0v) is 20.0. The summed E-state index contributed by atoms with van der Waals surface area (Å²) in [6.07, 6.45) is 0.864. The molecule has 178 valence electrons. The summed E-state index contributed by atoms with van der Waals surface area (Å²) in [4.78, 5) is 16.9. The number of rotatable bonds is 10. The number of methoxy groups -OCH3 is 1. The maximum absolute atomic E-state index is 5.59. The maximum Gasteiger partial charge on any atom is 0.228 e. The Labute approximate surface area is 194 Å². The van der Waals surface area contributed by atoms with Crippen LogP contribution in [0.15, 0.2) is 18.2 Å². The maximum atomic E-state index is 5.59. The number of fused-ring (bicyclic) bond motifs is 1. The van der Waals surface area contributed by atoms with Gasteiger partial charge in [0.1, 0.15) is 22.5 Å². The fourth-order valence-corrected chi connectivity index (χ4v) is 4.03. The van der Waals surface area contributed by atoms with Crippen LogP contribution in [0.3, 0.4) is 0 Å². The average Bonchev–Trinajstić information content (AvgIpc) is 3.17. The van der Waals surface area contributed by atoms with E-state index in [0.29, 0.717) is 44.2 Å². The van der Waals surface area contributed by atoms with E-state index in [1.54, 1.807) is 7.11 Å². The number of ether oxygens (including phenoxy) is 2. The van der Waals surface area contributed by atoms with Crippen LogP contribution in [0.1, 0.15) is 32.2 Å². The summed E-state index contributed by atoms with van der Waals surface area (Å²) in [6.45, 7) is 11.0. The standard InChI is InChI=1S/C23H34N8O2/c1-5-17-8-7-9-19(25-17)26-22-21-20(18(15-32-4)29-31(21)12-13-33-6-2)27-23(28-22)30-11-10-24-16(3)14-30/h7-9,16,24H,5-6,10-15H2,1-4H3,(H,25,26,27,28)/t16-/m1/s1. The summed E-state index contributed by atoms with van der Waals surface area (Å²) in [5.74, 6) is 2.12. The highest BCUT2D eigenvalue weighted by Crippen LogP contribution is 2.29. The second-order valence-electron chi connectivity index (χ2n) is 8.16. The van der Waals surface area contributed by atoms with Crippen LogP contribution in [0.25, 0.3) is 11.0 Å². The number of hydrogen-bond donors (Lipinski definition) is 2. The van der Waals surface area contributed by atoms with Crippen molar-refractivity contribution in [1.82, 2.24) is 30.0 Å². The van der Waals surface area contributed by atoms with Crippen molar-refractivity contribution in [3.8, 4) is 0 Å². The van der Waals surface area contributed by atoms with Gasteiger partial charge >= 0.3 is 0 Å². The third kappa shape index (κ3) is 5.40. The molecule has 1 aliphatic heterocycles. The lowest BCUT2D eigenvalue weighted by Crippen LogP contribution is -2.49. The molecule has 3 aromatic heterocycles. The van der Waals surface area contributed by atoms with Crippen LogP contribution in [0.2, 0.25) is 0 Å². The monoisotopic (exact) mass is 454 g/mol. The van der Waals surface area contributed by atoms with E-state index in [4.69, 9.17) is 29.5 Å². The summed E-state index contributed by atoms with van der Waals surface area (Å²) in [6, 6.07) is 6.35. The highest BCUT2D eigenvalue weighted by atomic mass is 16.5. The highest BCUT2D eigenvalue weighted by molar-refractivity contribution is 5.90. The first-order chi connectivity index (χ1) is 16.1. The van der Waals surface area contributed by atoms with Gasteiger partial charge in [0.25, 0.3) is 0 Å². The summed E-state index contributed by atoms with van der Waals surface area (Å²) in [5, 5.41) is 11.7. The Hall–Kier alpha value is -2.82. The van der Waals surface area contributed by atoms with E-state index in [1.165, 1.54) is 0 Å². The number of aromatic nitrogens is 5. The number of aryl methyl sites for hydroxylation is 1. The molecule has 4 rings (SSSR count). The molecule has 0 saturated carbocycles. The van der Waals surface area contributed by atoms with Crippen LogP contribution in [0.5, 0.6) is 0 Å². The van der Waals surface area contributed by atoms with Gasteiger partial charge in [-0.25, -0.2) is 9.97 Å².